The molecule has 2 saturated heterocycles. The van der Waals surface area contributed by atoms with Crippen LogP contribution in [0.15, 0.2) is 78.9 Å². The number of hydrogen-bond donors (Lipinski definition) is 2. The third-order valence-corrected chi connectivity index (χ3v) is 9.85. The van der Waals surface area contributed by atoms with Crippen LogP contribution in [-0.4, -0.2) is 77.7 Å². The van der Waals surface area contributed by atoms with E-state index in [-0.39, 0.29) is 38.0 Å². The number of nitrogens with one attached hydrogen (secondary N) is 1. The van der Waals surface area contributed by atoms with Crippen molar-refractivity contribution in [2.24, 2.45) is 11.8 Å². The standard InChI is InChI=1S/C36H40ClN3O7/c37-25-15-8-9-16-27(25)39-20-11-4-7-17-29(42)46-23-26(24-13-5-3-6-14-24)38-33(43)30-28-18-19-36(47-28)31(30)34(44)40(32(36)35(39)45)21-10-1-2-12-22-41/h3-6,8-9,11,13-16,18-19,26,28,30-32,41H,1-2,7,10,12,17,20-23H2,(H,38,43)/b11-4-/t26-,28-,30+,31+,32-,36+/m1/s1. The van der Waals surface area contributed by atoms with Crippen LogP contribution in [0, 0.1) is 11.8 Å². The van der Waals surface area contributed by atoms with Gasteiger partial charge in [0.25, 0.3) is 5.91 Å². The molecule has 1 spiro atoms. The molecule has 11 heteroatoms. The average Bonchev–Trinajstić information content (AvgIpc) is 3.72. The summed E-state index contributed by atoms with van der Waals surface area (Å²) in [7, 11) is 0. The molecular formula is C36H40ClN3O7. The molecule has 0 aliphatic carbocycles. The Hall–Kier alpha value is -3.99. The molecule has 6 rings (SSSR count). The van der Waals surface area contributed by atoms with Gasteiger partial charge >= 0.3 is 5.97 Å². The van der Waals surface area contributed by atoms with E-state index in [2.05, 4.69) is 5.32 Å². The first-order valence-corrected chi connectivity index (χ1v) is 16.7. The second-order valence-corrected chi connectivity index (χ2v) is 12.8. The van der Waals surface area contributed by atoms with Gasteiger partial charge in [-0.1, -0.05) is 91.2 Å². The highest BCUT2D eigenvalue weighted by atomic mass is 35.5. The molecule has 0 aromatic heterocycles. The quantitative estimate of drug-likeness (QED) is 0.248. The number of rotatable bonds is 8. The minimum absolute atomic E-state index is 0.0719. The number of cyclic esters (lactones) is 1. The van der Waals surface area contributed by atoms with Gasteiger partial charge in [0.2, 0.25) is 11.8 Å². The van der Waals surface area contributed by atoms with Crippen molar-refractivity contribution in [3.05, 3.63) is 89.5 Å². The topological polar surface area (TPSA) is 125 Å². The zero-order valence-electron chi connectivity index (χ0n) is 26.1. The van der Waals surface area contributed by atoms with Gasteiger partial charge in [-0.3, -0.25) is 19.2 Å². The molecule has 10 nitrogen and oxygen atoms in total. The van der Waals surface area contributed by atoms with Crippen molar-refractivity contribution < 1.29 is 33.8 Å². The lowest BCUT2D eigenvalue weighted by Gasteiger charge is -2.36. The van der Waals surface area contributed by atoms with E-state index in [0.29, 0.717) is 36.5 Å². The Bertz CT molecular complexity index is 1550. The summed E-state index contributed by atoms with van der Waals surface area (Å²) in [6.45, 7) is 0.456. The van der Waals surface area contributed by atoms with E-state index in [0.717, 1.165) is 18.4 Å². The average molecular weight is 662 g/mol. The fourth-order valence-electron chi connectivity index (χ4n) is 7.28. The number of anilines is 1. The molecule has 2 fully saturated rings. The molecule has 2 aromatic rings. The number of allylic oxidation sites excluding steroid dienone is 1. The highest BCUT2D eigenvalue weighted by Gasteiger charge is 2.73. The van der Waals surface area contributed by atoms with Gasteiger partial charge in [0.1, 0.15) is 18.2 Å². The van der Waals surface area contributed by atoms with E-state index < -0.39 is 47.5 Å². The molecule has 2 N–H and O–H groups in total. The maximum absolute atomic E-state index is 14.9. The van der Waals surface area contributed by atoms with Crippen molar-refractivity contribution in [3.63, 3.8) is 0 Å². The number of nitrogens with zero attached hydrogens (tertiary/aromatic N) is 2. The normalized spacial score (nSPS) is 30.0. The lowest BCUT2D eigenvalue weighted by molar-refractivity contribution is -0.145. The summed E-state index contributed by atoms with van der Waals surface area (Å²) in [5, 5.41) is 12.7. The first-order chi connectivity index (χ1) is 22.9. The fourth-order valence-corrected chi connectivity index (χ4v) is 7.52. The third-order valence-electron chi connectivity index (χ3n) is 9.53. The number of halogens is 1. The number of aliphatic hydroxyl groups excluding tert-OH is 1. The highest BCUT2D eigenvalue weighted by Crippen LogP contribution is 2.55. The number of aliphatic hydroxyl groups is 1. The van der Waals surface area contributed by atoms with E-state index in [1.807, 2.05) is 36.4 Å². The van der Waals surface area contributed by atoms with Gasteiger partial charge in [-0.05, 0) is 37.0 Å². The molecule has 0 unspecified atom stereocenters. The summed E-state index contributed by atoms with van der Waals surface area (Å²) < 4.78 is 12.2. The monoisotopic (exact) mass is 661 g/mol. The summed E-state index contributed by atoms with van der Waals surface area (Å²) in [5.41, 5.74) is -0.114. The summed E-state index contributed by atoms with van der Waals surface area (Å²) in [6.07, 6.45) is 9.83. The lowest BCUT2D eigenvalue weighted by Crippen LogP contribution is -2.56. The number of likely N-dealkylation sites (tertiary alicyclic amines) is 1. The predicted octanol–water partition coefficient (Wildman–Crippen LogP) is 4.13. The Morgan fingerprint density at radius 2 is 1.70 bits per heavy atom. The van der Waals surface area contributed by atoms with Gasteiger partial charge in [-0.2, -0.15) is 0 Å². The van der Waals surface area contributed by atoms with Crippen LogP contribution in [-0.2, 0) is 28.7 Å². The number of unbranched alkanes of at least 4 members (excludes halogenated alkanes) is 3. The van der Waals surface area contributed by atoms with Crippen molar-refractivity contribution in [1.29, 1.82) is 0 Å². The van der Waals surface area contributed by atoms with Crippen LogP contribution in [0.5, 0.6) is 0 Å². The number of amides is 3. The van der Waals surface area contributed by atoms with Gasteiger partial charge in [0.15, 0.2) is 0 Å². The summed E-state index contributed by atoms with van der Waals surface area (Å²) in [5.74, 6) is -3.32. The number of para-hydroxylation sites is 1. The lowest BCUT2D eigenvalue weighted by atomic mass is 9.74. The predicted molar refractivity (Wildman–Crippen MR) is 175 cm³/mol. The maximum atomic E-state index is 14.9. The van der Waals surface area contributed by atoms with Crippen LogP contribution in [0.1, 0.15) is 50.1 Å². The fraction of sp³-hybridized carbons (Fsp3) is 0.444. The number of esters is 1. The van der Waals surface area contributed by atoms with Crippen molar-refractivity contribution in [3.8, 4) is 0 Å². The van der Waals surface area contributed by atoms with E-state index >= 15 is 0 Å². The zero-order chi connectivity index (χ0) is 33.0. The van der Waals surface area contributed by atoms with Crippen LogP contribution in [0.4, 0.5) is 5.69 Å². The smallest absolute Gasteiger partial charge is 0.306 e. The Morgan fingerprint density at radius 1 is 0.936 bits per heavy atom. The third kappa shape index (κ3) is 6.46. The molecule has 3 amide bonds. The molecule has 4 heterocycles. The number of carbonyl (C=O) groups is 4. The summed E-state index contributed by atoms with van der Waals surface area (Å²) in [4.78, 5) is 59.3. The molecule has 4 aliphatic heterocycles. The summed E-state index contributed by atoms with van der Waals surface area (Å²) in [6, 6.07) is 14.6. The molecule has 4 aliphatic rings. The highest BCUT2D eigenvalue weighted by molar-refractivity contribution is 6.34. The molecule has 0 saturated carbocycles. The number of hydrogen-bond acceptors (Lipinski definition) is 7. The second kappa shape index (κ2) is 14.4. The molecule has 2 aromatic carbocycles. The first kappa shape index (κ1) is 32.9. The van der Waals surface area contributed by atoms with Crippen LogP contribution in [0.2, 0.25) is 5.02 Å². The maximum Gasteiger partial charge on any atom is 0.306 e. The van der Waals surface area contributed by atoms with Gasteiger partial charge < -0.3 is 29.7 Å². The van der Waals surface area contributed by atoms with Crippen molar-refractivity contribution in [2.75, 3.05) is 31.2 Å². The van der Waals surface area contributed by atoms with E-state index in [9.17, 15) is 24.3 Å². The summed E-state index contributed by atoms with van der Waals surface area (Å²) >= 11 is 6.63. The molecular weight excluding hydrogens is 622 g/mol. The number of fused-ring (bicyclic) bond motifs is 2. The Labute approximate surface area is 279 Å². The van der Waals surface area contributed by atoms with Crippen LogP contribution >= 0.6 is 11.6 Å². The minimum atomic E-state index is -1.35. The first-order valence-electron chi connectivity index (χ1n) is 16.4. The van der Waals surface area contributed by atoms with Gasteiger partial charge in [-0.15, -0.1) is 0 Å². The van der Waals surface area contributed by atoms with E-state index in [4.69, 9.17) is 21.1 Å². The van der Waals surface area contributed by atoms with Crippen molar-refractivity contribution in [1.82, 2.24) is 10.2 Å². The number of benzene rings is 2. The van der Waals surface area contributed by atoms with E-state index in [1.165, 1.54) is 0 Å². The van der Waals surface area contributed by atoms with Crippen molar-refractivity contribution >= 4 is 41.0 Å². The zero-order valence-corrected chi connectivity index (χ0v) is 26.9. The van der Waals surface area contributed by atoms with Gasteiger partial charge in [-0.25, -0.2) is 0 Å². The Morgan fingerprint density at radius 3 is 2.49 bits per heavy atom. The van der Waals surface area contributed by atoms with Crippen LogP contribution in [0.25, 0.3) is 0 Å². The second-order valence-electron chi connectivity index (χ2n) is 12.4. The Balaban J connectivity index is 1.40. The van der Waals surface area contributed by atoms with Crippen molar-refractivity contribution in [2.45, 2.75) is 62.3 Å². The number of ether oxygens (including phenoxy) is 2. The SMILES string of the molecule is O=C1CC/C=C\CN(c2ccccc2Cl)C(=O)[C@H]2N(CCCCCCO)C(=O)[C@@H]3[C@@H](C(=O)N[C@@H](c4ccccc4)CO1)[C@H]1C=C[C@]32O1. The molecule has 248 valence electrons. The largest absolute Gasteiger partial charge is 0.463 e. The molecule has 5 bridgehead atoms. The molecule has 47 heavy (non-hydrogen) atoms. The Kier molecular flexibility index (Phi) is 10.1. The molecule has 0 radical (unpaired) electrons. The number of carbonyl (C=O) groups excluding carboxylic acids is 4. The van der Waals surface area contributed by atoms with E-state index in [1.54, 1.807) is 52.3 Å². The van der Waals surface area contributed by atoms with Gasteiger partial charge in [0.05, 0.1) is 34.7 Å². The molecule has 6 atom stereocenters. The van der Waals surface area contributed by atoms with Gasteiger partial charge in [0, 0.05) is 26.1 Å². The van der Waals surface area contributed by atoms with Crippen LogP contribution < -0.4 is 10.2 Å². The van der Waals surface area contributed by atoms with Crippen LogP contribution in [0.3, 0.4) is 0 Å². The minimum Gasteiger partial charge on any atom is -0.463 e.